The van der Waals surface area contributed by atoms with Gasteiger partial charge in [-0.25, -0.2) is 4.98 Å². The Bertz CT molecular complexity index is 463. The quantitative estimate of drug-likeness (QED) is 0.867. The summed E-state index contributed by atoms with van der Waals surface area (Å²) in [6.07, 6.45) is -4.16. The van der Waals surface area contributed by atoms with Gasteiger partial charge in [-0.3, -0.25) is 4.79 Å². The number of hydrogen-bond donors (Lipinski definition) is 2. The highest BCUT2D eigenvalue weighted by Gasteiger charge is 2.33. The minimum absolute atomic E-state index is 0.00709. The van der Waals surface area contributed by atoms with Crippen molar-refractivity contribution in [1.29, 1.82) is 0 Å². The summed E-state index contributed by atoms with van der Waals surface area (Å²) in [7, 11) is 0. The molecule has 0 aliphatic carbocycles. The minimum atomic E-state index is -4.52. The smallest absolute Gasteiger partial charge is 0.433 e. The molecule has 1 unspecified atom stereocenters. The van der Waals surface area contributed by atoms with Crippen molar-refractivity contribution in [2.45, 2.75) is 26.4 Å². The molecule has 0 aliphatic heterocycles. The Labute approximate surface area is 108 Å². The molecule has 1 aromatic rings. The van der Waals surface area contributed by atoms with E-state index in [1.54, 1.807) is 6.92 Å². The van der Waals surface area contributed by atoms with Crippen LogP contribution < -0.4 is 5.32 Å². The van der Waals surface area contributed by atoms with Crippen LogP contribution in [0.3, 0.4) is 0 Å². The third-order valence-electron chi connectivity index (χ3n) is 3.00. The Balaban J connectivity index is 2.82. The molecule has 0 radical (unpaired) electrons. The maximum absolute atomic E-state index is 12.5. The summed E-state index contributed by atoms with van der Waals surface area (Å²) >= 11 is 0. The molecule has 4 nitrogen and oxygen atoms in total. The van der Waals surface area contributed by atoms with E-state index in [1.165, 1.54) is 19.1 Å². The van der Waals surface area contributed by atoms with Crippen molar-refractivity contribution in [2.75, 3.05) is 11.9 Å². The van der Waals surface area contributed by atoms with Crippen molar-refractivity contribution in [2.24, 2.45) is 5.41 Å². The fourth-order valence-corrected chi connectivity index (χ4v) is 1.33. The lowest BCUT2D eigenvalue weighted by molar-refractivity contribution is -0.147. The molecule has 0 saturated carbocycles. The Morgan fingerprint density at radius 3 is 2.53 bits per heavy atom. The summed E-state index contributed by atoms with van der Waals surface area (Å²) in [5.74, 6) is -0.995. The number of nitrogens with one attached hydrogen (secondary N) is 1. The van der Waals surface area contributed by atoms with Gasteiger partial charge in [-0.2, -0.15) is 13.2 Å². The van der Waals surface area contributed by atoms with E-state index in [0.717, 1.165) is 6.07 Å². The van der Waals surface area contributed by atoms with Gasteiger partial charge in [0.2, 0.25) is 0 Å². The molecule has 1 heterocycles. The summed E-state index contributed by atoms with van der Waals surface area (Å²) in [4.78, 5) is 14.5. The van der Waals surface area contributed by atoms with E-state index in [0.29, 0.717) is 6.42 Å². The molecule has 19 heavy (non-hydrogen) atoms. The first-order chi connectivity index (χ1) is 8.69. The number of alkyl halides is 3. The van der Waals surface area contributed by atoms with Crippen molar-refractivity contribution in [3.63, 3.8) is 0 Å². The van der Waals surface area contributed by atoms with Crippen LogP contribution in [0, 0.1) is 5.41 Å². The Morgan fingerprint density at radius 2 is 2.05 bits per heavy atom. The second-order valence-corrected chi connectivity index (χ2v) is 4.48. The number of pyridine rings is 1. The van der Waals surface area contributed by atoms with E-state index in [4.69, 9.17) is 5.11 Å². The van der Waals surface area contributed by atoms with Crippen molar-refractivity contribution in [1.82, 2.24) is 4.98 Å². The molecule has 0 aromatic carbocycles. The van der Waals surface area contributed by atoms with Gasteiger partial charge in [0.1, 0.15) is 11.5 Å². The fraction of sp³-hybridized carbons (Fsp3) is 0.500. The first-order valence-corrected chi connectivity index (χ1v) is 5.70. The van der Waals surface area contributed by atoms with E-state index in [-0.39, 0.29) is 12.4 Å². The highest BCUT2D eigenvalue weighted by Crippen LogP contribution is 2.28. The Morgan fingerprint density at radius 1 is 1.42 bits per heavy atom. The highest BCUT2D eigenvalue weighted by atomic mass is 19.4. The molecular weight excluding hydrogens is 261 g/mol. The molecule has 0 amide bonds. The van der Waals surface area contributed by atoms with Crippen molar-refractivity contribution < 1.29 is 23.1 Å². The summed E-state index contributed by atoms with van der Waals surface area (Å²) in [5.41, 5.74) is -2.05. The van der Waals surface area contributed by atoms with Crippen LogP contribution >= 0.6 is 0 Å². The van der Waals surface area contributed by atoms with Crippen LogP contribution in [0.2, 0.25) is 0 Å². The van der Waals surface area contributed by atoms with Gasteiger partial charge in [-0.15, -0.1) is 0 Å². The van der Waals surface area contributed by atoms with Crippen LogP contribution in [0.1, 0.15) is 26.0 Å². The lowest BCUT2D eigenvalue weighted by atomic mass is 9.88. The molecule has 0 spiro atoms. The first kappa shape index (κ1) is 15.3. The van der Waals surface area contributed by atoms with Crippen LogP contribution in [0.25, 0.3) is 0 Å². The number of hydrogen-bond acceptors (Lipinski definition) is 3. The molecule has 0 aliphatic rings. The summed E-state index contributed by atoms with van der Waals surface area (Å²) in [6, 6.07) is 3.46. The van der Waals surface area contributed by atoms with Gasteiger partial charge in [-0.1, -0.05) is 13.0 Å². The third kappa shape index (κ3) is 3.84. The number of aromatic nitrogens is 1. The van der Waals surface area contributed by atoms with E-state index in [1.807, 2.05) is 0 Å². The van der Waals surface area contributed by atoms with Crippen molar-refractivity contribution in [3.05, 3.63) is 23.9 Å². The van der Waals surface area contributed by atoms with Crippen molar-refractivity contribution >= 4 is 11.8 Å². The van der Waals surface area contributed by atoms with E-state index in [2.05, 4.69) is 10.3 Å². The number of aliphatic carboxylic acids is 1. The minimum Gasteiger partial charge on any atom is -0.481 e. The predicted octanol–water partition coefficient (Wildman–Crippen LogP) is 3.01. The molecular formula is C12H15F3N2O2. The zero-order chi connectivity index (χ0) is 14.7. The summed E-state index contributed by atoms with van der Waals surface area (Å²) in [6.45, 7) is 3.23. The first-order valence-electron chi connectivity index (χ1n) is 5.70. The Kier molecular flexibility index (Phi) is 4.39. The molecule has 0 bridgehead atoms. The van der Waals surface area contributed by atoms with Crippen LogP contribution in [-0.4, -0.2) is 22.6 Å². The topological polar surface area (TPSA) is 62.2 Å². The lowest BCUT2D eigenvalue weighted by Gasteiger charge is -2.23. The molecule has 106 valence electrons. The molecule has 1 rings (SSSR count). The molecule has 1 aromatic heterocycles. The maximum Gasteiger partial charge on any atom is 0.433 e. The van der Waals surface area contributed by atoms with Gasteiger partial charge in [-0.05, 0) is 25.5 Å². The van der Waals surface area contributed by atoms with E-state index in [9.17, 15) is 18.0 Å². The van der Waals surface area contributed by atoms with Crippen LogP contribution in [0.5, 0.6) is 0 Å². The average Bonchev–Trinajstić information content (AvgIpc) is 2.35. The SMILES string of the molecule is CCC(C)(CNc1cccc(C(F)(F)F)n1)C(=O)O. The Hall–Kier alpha value is -1.79. The highest BCUT2D eigenvalue weighted by molar-refractivity contribution is 5.74. The van der Waals surface area contributed by atoms with Crippen LogP contribution in [-0.2, 0) is 11.0 Å². The van der Waals surface area contributed by atoms with Gasteiger partial charge in [0.05, 0.1) is 5.41 Å². The van der Waals surface area contributed by atoms with Gasteiger partial charge >= 0.3 is 12.1 Å². The number of carboxylic acids is 1. The number of anilines is 1. The largest absolute Gasteiger partial charge is 0.481 e. The van der Waals surface area contributed by atoms with Gasteiger partial charge in [0, 0.05) is 6.54 Å². The predicted molar refractivity (Wildman–Crippen MR) is 63.8 cm³/mol. The molecule has 7 heteroatoms. The number of halogens is 3. The summed E-state index contributed by atoms with van der Waals surface area (Å²) < 4.78 is 37.4. The molecule has 1 atom stereocenters. The standard InChI is InChI=1S/C12H15F3N2O2/c1-3-11(2,10(18)19)7-16-9-6-4-5-8(17-9)12(13,14)15/h4-6H,3,7H2,1-2H3,(H,16,17)(H,18,19). The molecule has 0 fully saturated rings. The monoisotopic (exact) mass is 276 g/mol. The van der Waals surface area contributed by atoms with Crippen LogP contribution in [0.4, 0.5) is 19.0 Å². The second kappa shape index (κ2) is 5.46. The molecule has 0 saturated heterocycles. The second-order valence-electron chi connectivity index (χ2n) is 4.48. The number of carboxylic acid groups (broad SMARTS) is 1. The van der Waals surface area contributed by atoms with Gasteiger partial charge in [0.25, 0.3) is 0 Å². The zero-order valence-electron chi connectivity index (χ0n) is 10.6. The van der Waals surface area contributed by atoms with E-state index < -0.39 is 23.3 Å². The molecule has 2 N–H and O–H groups in total. The fourth-order valence-electron chi connectivity index (χ4n) is 1.33. The normalized spacial score (nSPS) is 14.8. The number of nitrogens with zero attached hydrogens (tertiary/aromatic N) is 1. The van der Waals surface area contributed by atoms with Crippen LogP contribution in [0.15, 0.2) is 18.2 Å². The van der Waals surface area contributed by atoms with Gasteiger partial charge < -0.3 is 10.4 Å². The maximum atomic E-state index is 12.5. The van der Waals surface area contributed by atoms with E-state index >= 15 is 0 Å². The number of carbonyl (C=O) groups is 1. The number of rotatable bonds is 5. The van der Waals surface area contributed by atoms with Crippen molar-refractivity contribution in [3.8, 4) is 0 Å². The zero-order valence-corrected chi connectivity index (χ0v) is 10.6. The summed E-state index contributed by atoms with van der Waals surface area (Å²) in [5, 5.41) is 11.7. The lowest BCUT2D eigenvalue weighted by Crippen LogP contribution is -2.34. The third-order valence-corrected chi connectivity index (χ3v) is 3.00. The average molecular weight is 276 g/mol. The van der Waals surface area contributed by atoms with Gasteiger partial charge in [0.15, 0.2) is 0 Å².